The molecule has 1 aliphatic heterocycles. The van der Waals surface area contributed by atoms with E-state index in [1.807, 2.05) is 60.7 Å². The van der Waals surface area contributed by atoms with Crippen LogP contribution in [0.4, 0.5) is 0 Å². The number of hydrogen-bond acceptors (Lipinski definition) is 8. The number of benzene rings is 2. The molecule has 10 heteroatoms. The van der Waals surface area contributed by atoms with Crippen molar-refractivity contribution in [2.75, 3.05) is 13.2 Å². The molecule has 10 nitrogen and oxygen atoms in total. The van der Waals surface area contributed by atoms with Crippen LogP contribution in [0.1, 0.15) is 58.6 Å². The lowest BCUT2D eigenvalue weighted by Crippen LogP contribution is -2.35. The quantitative estimate of drug-likeness (QED) is 0.117. The first kappa shape index (κ1) is 32.0. The minimum absolute atomic E-state index is 0.0600. The molecule has 0 amide bonds. The van der Waals surface area contributed by atoms with E-state index in [9.17, 15) is 19.2 Å². The van der Waals surface area contributed by atoms with Gasteiger partial charge in [0.15, 0.2) is 5.41 Å². The lowest BCUT2D eigenvalue weighted by atomic mass is 9.99. The van der Waals surface area contributed by atoms with Gasteiger partial charge in [0.1, 0.15) is 17.8 Å². The number of fused-ring (bicyclic) bond motifs is 1. The molecule has 1 heterocycles. The Hall–Kier alpha value is -4.56. The Morgan fingerprint density at radius 2 is 1.50 bits per heavy atom. The van der Waals surface area contributed by atoms with Crippen molar-refractivity contribution in [1.29, 1.82) is 0 Å². The molecule has 0 spiro atoms. The molecule has 222 valence electrons. The van der Waals surface area contributed by atoms with E-state index in [1.165, 1.54) is 0 Å². The molecule has 2 aliphatic rings. The Labute approximate surface area is 245 Å². The standard InChI is InChI=1S/C16H18N2O4.C16H18O4/c1-16(2,3)22-15(20)13(18-17)14(19)21-11-7-10-12-8-5-4-6-9-12;1-15(2,3)20-14(18)16-11(9-19-13(16)17)12(16)10-7-5-4-6-8-10/h4-10H,11H2,1-3H3;4-8,11-12H,9H2,1-3H3/b10-7-;. The predicted molar refractivity (Wildman–Crippen MR) is 153 cm³/mol. The third-order valence-corrected chi connectivity index (χ3v) is 6.30. The van der Waals surface area contributed by atoms with Crippen molar-refractivity contribution in [1.82, 2.24) is 0 Å². The van der Waals surface area contributed by atoms with Crippen LogP contribution < -0.4 is 0 Å². The van der Waals surface area contributed by atoms with Crippen molar-refractivity contribution < 1.29 is 42.9 Å². The summed E-state index contributed by atoms with van der Waals surface area (Å²) in [6.07, 6.45) is 3.37. The smallest absolute Gasteiger partial charge is 0.464 e. The molecule has 1 saturated heterocycles. The summed E-state index contributed by atoms with van der Waals surface area (Å²) in [6.45, 7) is 10.5. The van der Waals surface area contributed by atoms with Crippen LogP contribution in [0, 0.1) is 11.3 Å². The normalized spacial score (nSPS) is 20.7. The van der Waals surface area contributed by atoms with Gasteiger partial charge in [-0.1, -0.05) is 66.7 Å². The van der Waals surface area contributed by atoms with Crippen LogP contribution >= 0.6 is 0 Å². The summed E-state index contributed by atoms with van der Waals surface area (Å²) < 4.78 is 20.3. The second-order valence-corrected chi connectivity index (χ2v) is 11.8. The van der Waals surface area contributed by atoms with Crippen LogP contribution in [0.25, 0.3) is 11.6 Å². The predicted octanol–water partition coefficient (Wildman–Crippen LogP) is 4.54. The molecule has 1 aliphatic carbocycles. The van der Waals surface area contributed by atoms with Crippen LogP contribution in [-0.4, -0.2) is 58.8 Å². The minimum Gasteiger partial charge on any atom is -0.464 e. The van der Waals surface area contributed by atoms with Crippen molar-refractivity contribution in [3.8, 4) is 0 Å². The Bertz CT molecular complexity index is 1380. The van der Waals surface area contributed by atoms with Crippen LogP contribution in [0.5, 0.6) is 0 Å². The number of cyclic esters (lactones) is 1. The summed E-state index contributed by atoms with van der Waals surface area (Å²) in [6, 6.07) is 19.1. The molecule has 2 fully saturated rings. The molecular formula is C32H36N2O8. The summed E-state index contributed by atoms with van der Waals surface area (Å²) in [5, 5.41) is 0. The fourth-order valence-electron chi connectivity index (χ4n) is 4.56. The monoisotopic (exact) mass is 576 g/mol. The maximum atomic E-state index is 12.5. The van der Waals surface area contributed by atoms with E-state index >= 15 is 0 Å². The minimum atomic E-state index is -1.12. The molecule has 2 aromatic rings. The zero-order valence-corrected chi connectivity index (χ0v) is 24.7. The largest absolute Gasteiger partial charge is 0.482 e. The summed E-state index contributed by atoms with van der Waals surface area (Å²) in [5.41, 5.74) is 7.39. The molecule has 3 atom stereocenters. The van der Waals surface area contributed by atoms with E-state index in [-0.39, 0.29) is 18.4 Å². The Kier molecular flexibility index (Phi) is 9.86. The first-order valence-corrected chi connectivity index (χ1v) is 13.5. The zero-order valence-electron chi connectivity index (χ0n) is 24.7. The molecule has 42 heavy (non-hydrogen) atoms. The first-order chi connectivity index (χ1) is 19.7. The van der Waals surface area contributed by atoms with Crippen LogP contribution in [0.2, 0.25) is 0 Å². The van der Waals surface area contributed by atoms with Gasteiger partial charge in [-0.2, -0.15) is 4.79 Å². The Morgan fingerprint density at radius 3 is 2.05 bits per heavy atom. The second kappa shape index (κ2) is 13.0. The van der Waals surface area contributed by atoms with Gasteiger partial charge in [-0.15, -0.1) is 0 Å². The fraction of sp³-hybridized carbons (Fsp3) is 0.406. The third kappa shape index (κ3) is 7.79. The lowest BCUT2D eigenvalue weighted by Gasteiger charge is -2.22. The maximum absolute atomic E-state index is 12.5. The second-order valence-electron chi connectivity index (χ2n) is 11.8. The molecule has 3 unspecified atom stereocenters. The lowest BCUT2D eigenvalue weighted by molar-refractivity contribution is -0.168. The van der Waals surface area contributed by atoms with E-state index < -0.39 is 46.2 Å². The summed E-state index contributed by atoms with van der Waals surface area (Å²) in [4.78, 5) is 50.6. The number of carbonyl (C=O) groups is 4. The zero-order chi connectivity index (χ0) is 31.1. The average molecular weight is 577 g/mol. The molecule has 0 N–H and O–H groups in total. The Morgan fingerprint density at radius 1 is 0.929 bits per heavy atom. The highest BCUT2D eigenvalue weighted by molar-refractivity contribution is 6.60. The van der Waals surface area contributed by atoms with E-state index in [2.05, 4.69) is 4.79 Å². The molecular weight excluding hydrogens is 540 g/mol. The molecule has 0 aromatic heterocycles. The highest BCUT2D eigenvalue weighted by Gasteiger charge is 2.80. The third-order valence-electron chi connectivity index (χ3n) is 6.30. The van der Waals surface area contributed by atoms with E-state index in [0.29, 0.717) is 6.61 Å². The molecule has 0 radical (unpaired) electrons. The maximum Gasteiger partial charge on any atom is 0.482 e. The number of hydrogen-bond donors (Lipinski definition) is 0. The van der Waals surface area contributed by atoms with E-state index in [0.717, 1.165) is 11.1 Å². The number of ether oxygens (including phenoxy) is 4. The molecule has 1 saturated carbocycles. The van der Waals surface area contributed by atoms with Gasteiger partial charge in [0, 0.05) is 11.8 Å². The highest BCUT2D eigenvalue weighted by Crippen LogP contribution is 2.69. The van der Waals surface area contributed by atoms with Crippen LogP contribution in [0.15, 0.2) is 66.7 Å². The van der Waals surface area contributed by atoms with E-state index in [1.54, 1.807) is 53.7 Å². The molecule has 2 aromatic carbocycles. The van der Waals surface area contributed by atoms with Gasteiger partial charge in [-0.05, 0) is 58.7 Å². The summed E-state index contributed by atoms with van der Waals surface area (Å²) in [7, 11) is 0. The molecule has 4 rings (SSSR count). The van der Waals surface area contributed by atoms with Gasteiger partial charge in [-0.3, -0.25) is 9.59 Å². The van der Waals surface area contributed by atoms with Gasteiger partial charge in [0.25, 0.3) is 0 Å². The Balaban J connectivity index is 0.000000231. The number of esters is 4. The summed E-state index contributed by atoms with van der Waals surface area (Å²) >= 11 is 0. The first-order valence-electron chi connectivity index (χ1n) is 13.5. The summed E-state index contributed by atoms with van der Waals surface area (Å²) in [5.74, 6) is -3.18. The van der Waals surface area contributed by atoms with Gasteiger partial charge in [0.05, 0.1) is 6.61 Å². The van der Waals surface area contributed by atoms with Gasteiger partial charge in [-0.25, -0.2) is 9.59 Å². The topological polar surface area (TPSA) is 142 Å². The SMILES string of the molecule is CC(C)(C)OC(=O)C(=[N+]=[N-])C(=O)OC/C=C\c1ccccc1.CC(C)(C)OC(=O)C12C(=O)OCC1C2c1ccccc1. The van der Waals surface area contributed by atoms with Crippen molar-refractivity contribution in [2.24, 2.45) is 11.3 Å². The van der Waals surface area contributed by atoms with Crippen LogP contribution in [-0.2, 0) is 38.1 Å². The van der Waals surface area contributed by atoms with Gasteiger partial charge < -0.3 is 24.5 Å². The van der Waals surface area contributed by atoms with Crippen LogP contribution in [0.3, 0.4) is 0 Å². The average Bonchev–Trinajstić information content (AvgIpc) is 3.48. The van der Waals surface area contributed by atoms with Crippen molar-refractivity contribution >= 4 is 35.7 Å². The van der Waals surface area contributed by atoms with Gasteiger partial charge >= 0.3 is 29.6 Å². The molecule has 0 bridgehead atoms. The van der Waals surface area contributed by atoms with Gasteiger partial charge in [0.2, 0.25) is 0 Å². The number of rotatable bonds is 7. The highest BCUT2D eigenvalue weighted by atomic mass is 16.6. The van der Waals surface area contributed by atoms with Crippen molar-refractivity contribution in [2.45, 2.75) is 58.7 Å². The number of carbonyl (C=O) groups excluding carboxylic acids is 4. The van der Waals surface area contributed by atoms with Crippen molar-refractivity contribution in [3.05, 3.63) is 83.4 Å². The van der Waals surface area contributed by atoms with Crippen molar-refractivity contribution in [3.63, 3.8) is 0 Å². The fourth-order valence-corrected chi connectivity index (χ4v) is 4.56. The number of nitrogens with zero attached hydrogens (tertiary/aromatic N) is 2. The van der Waals surface area contributed by atoms with E-state index in [4.69, 9.17) is 24.5 Å².